The second-order valence-electron chi connectivity index (χ2n) is 1.97. The summed E-state index contributed by atoms with van der Waals surface area (Å²) in [6.07, 6.45) is -0.00258. The Morgan fingerprint density at radius 1 is 1.89 bits per heavy atom. The third-order valence-electron chi connectivity index (χ3n) is 1.40. The van der Waals surface area contributed by atoms with E-state index in [1.165, 1.54) is 0 Å². The lowest BCUT2D eigenvalue weighted by Gasteiger charge is -1.97. The van der Waals surface area contributed by atoms with Crippen molar-refractivity contribution in [1.29, 1.82) is 0 Å². The van der Waals surface area contributed by atoms with E-state index in [-0.39, 0.29) is 0 Å². The maximum Gasteiger partial charge on any atom is 0.192 e. The molecule has 2 nitrogen and oxygen atoms in total. The van der Waals surface area contributed by atoms with E-state index in [1.807, 2.05) is 6.92 Å². The molecule has 0 aromatic rings. The topological polar surface area (TPSA) is 29.5 Å². The van der Waals surface area contributed by atoms with Gasteiger partial charge in [0, 0.05) is 0 Å². The molecule has 0 spiro atoms. The van der Waals surface area contributed by atoms with Gasteiger partial charge in [0.2, 0.25) is 0 Å². The smallest absolute Gasteiger partial charge is 0.192 e. The normalized spacial score (nSPS) is 27.7. The first kappa shape index (κ1) is 7.06. The first-order chi connectivity index (χ1) is 4.25. The highest BCUT2D eigenvalue weighted by Gasteiger charge is 2.20. The molecule has 1 aliphatic rings. The van der Waals surface area contributed by atoms with E-state index >= 15 is 0 Å². The fraction of sp³-hybridized carbons (Fsp3) is 0.667. The Hall–Kier alpha value is -0.0500. The van der Waals surface area contributed by atoms with Crippen LogP contribution in [0.5, 0.6) is 0 Å². The van der Waals surface area contributed by atoms with Crippen LogP contribution in [0.4, 0.5) is 0 Å². The summed E-state index contributed by atoms with van der Waals surface area (Å²) in [5.74, 6) is 0. The number of hydrogen-bond acceptors (Lipinski definition) is 2. The van der Waals surface area contributed by atoms with Crippen LogP contribution in [0.15, 0.2) is 10.6 Å². The van der Waals surface area contributed by atoms with Crippen LogP contribution in [0.2, 0.25) is 0 Å². The maximum atomic E-state index is 8.89. The zero-order valence-corrected chi connectivity index (χ0v) is 5.98. The molecule has 0 aromatic carbocycles. The highest BCUT2D eigenvalue weighted by Crippen LogP contribution is 2.24. The third-order valence-corrected chi connectivity index (χ3v) is 1.85. The summed E-state index contributed by atoms with van der Waals surface area (Å²) in [6.45, 7) is 2.47. The van der Waals surface area contributed by atoms with E-state index in [9.17, 15) is 0 Å². The van der Waals surface area contributed by atoms with Gasteiger partial charge in [-0.1, -0.05) is 18.5 Å². The number of aliphatic hydroxyl groups is 1. The van der Waals surface area contributed by atoms with Gasteiger partial charge in [-0.25, -0.2) is 0 Å². The van der Waals surface area contributed by atoms with Crippen LogP contribution in [0, 0.1) is 0 Å². The zero-order valence-electron chi connectivity index (χ0n) is 5.22. The molecule has 1 rings (SSSR count). The van der Waals surface area contributed by atoms with E-state index in [4.69, 9.17) is 21.4 Å². The lowest BCUT2D eigenvalue weighted by atomic mass is 10.2. The van der Waals surface area contributed by atoms with Gasteiger partial charge in [-0.15, -0.1) is 0 Å². The first-order valence-corrected chi connectivity index (χ1v) is 3.30. The Morgan fingerprint density at radius 3 is 2.78 bits per heavy atom. The quantitative estimate of drug-likeness (QED) is 0.606. The molecule has 1 atom stereocenters. The Balaban J connectivity index is 2.68. The van der Waals surface area contributed by atoms with Gasteiger partial charge in [-0.05, 0) is 12.0 Å². The predicted molar refractivity (Wildman–Crippen MR) is 35.1 cm³/mol. The maximum absolute atomic E-state index is 8.89. The summed E-state index contributed by atoms with van der Waals surface area (Å²) in [7, 11) is 0. The molecule has 0 aliphatic carbocycles. The predicted octanol–water partition coefficient (Wildman–Crippen LogP) is 1.24. The molecule has 0 aromatic heterocycles. The standard InChI is InChI=1S/C6H9ClO2/c1-2-4-3-9-6(8)5(4)7/h6,8H,2-3H2,1H3. The molecule has 0 saturated heterocycles. The van der Waals surface area contributed by atoms with Gasteiger partial charge >= 0.3 is 0 Å². The van der Waals surface area contributed by atoms with Gasteiger partial charge in [0.25, 0.3) is 0 Å². The van der Waals surface area contributed by atoms with E-state index in [0.29, 0.717) is 11.6 Å². The molecule has 9 heavy (non-hydrogen) atoms. The summed E-state index contributed by atoms with van der Waals surface area (Å²) in [6, 6.07) is 0. The first-order valence-electron chi connectivity index (χ1n) is 2.92. The third kappa shape index (κ3) is 1.26. The lowest BCUT2D eigenvalue weighted by Crippen LogP contribution is -2.03. The van der Waals surface area contributed by atoms with Crippen LogP contribution in [-0.4, -0.2) is 18.0 Å². The Bertz CT molecular complexity index is 142. The molecular weight excluding hydrogens is 140 g/mol. The summed E-state index contributed by atoms with van der Waals surface area (Å²) in [5.41, 5.74) is 1.00. The molecule has 52 valence electrons. The molecule has 0 saturated carbocycles. The van der Waals surface area contributed by atoms with Crippen LogP contribution in [0.25, 0.3) is 0 Å². The van der Waals surface area contributed by atoms with Gasteiger partial charge < -0.3 is 9.84 Å². The van der Waals surface area contributed by atoms with Crippen molar-refractivity contribution in [2.45, 2.75) is 19.6 Å². The minimum Gasteiger partial charge on any atom is -0.364 e. The summed E-state index contributed by atoms with van der Waals surface area (Å²) >= 11 is 5.63. The average Bonchev–Trinajstić information content (AvgIpc) is 2.15. The summed E-state index contributed by atoms with van der Waals surface area (Å²) in [4.78, 5) is 0. The minimum atomic E-state index is -0.860. The average molecular weight is 149 g/mol. The molecule has 3 heteroatoms. The highest BCUT2D eigenvalue weighted by atomic mass is 35.5. The van der Waals surface area contributed by atoms with Crippen molar-refractivity contribution in [1.82, 2.24) is 0 Å². The molecule has 1 unspecified atom stereocenters. The van der Waals surface area contributed by atoms with E-state index in [0.717, 1.165) is 12.0 Å². The molecule has 0 fully saturated rings. The van der Waals surface area contributed by atoms with Crippen molar-refractivity contribution >= 4 is 11.6 Å². The molecule has 0 radical (unpaired) electrons. The number of rotatable bonds is 1. The van der Waals surface area contributed by atoms with E-state index in [2.05, 4.69) is 0 Å². The second-order valence-corrected chi connectivity index (χ2v) is 2.38. The number of hydrogen-bond donors (Lipinski definition) is 1. The summed E-state index contributed by atoms with van der Waals surface area (Å²) in [5, 5.41) is 9.36. The van der Waals surface area contributed by atoms with Crippen molar-refractivity contribution in [3.8, 4) is 0 Å². The monoisotopic (exact) mass is 148 g/mol. The zero-order chi connectivity index (χ0) is 6.85. The van der Waals surface area contributed by atoms with Gasteiger partial charge in [-0.2, -0.15) is 0 Å². The molecular formula is C6H9ClO2. The van der Waals surface area contributed by atoms with Gasteiger partial charge in [-0.3, -0.25) is 0 Å². The molecule has 1 N–H and O–H groups in total. The van der Waals surface area contributed by atoms with E-state index < -0.39 is 6.29 Å². The number of halogens is 1. The van der Waals surface area contributed by atoms with Crippen LogP contribution in [0.3, 0.4) is 0 Å². The highest BCUT2D eigenvalue weighted by molar-refractivity contribution is 6.30. The van der Waals surface area contributed by atoms with Gasteiger partial charge in [0.15, 0.2) is 6.29 Å². The fourth-order valence-electron chi connectivity index (χ4n) is 0.767. The van der Waals surface area contributed by atoms with Crippen LogP contribution >= 0.6 is 11.6 Å². The second kappa shape index (κ2) is 2.69. The SMILES string of the molecule is CCC1=C(Cl)C(O)OC1. The van der Waals surface area contributed by atoms with E-state index in [1.54, 1.807) is 0 Å². The van der Waals surface area contributed by atoms with Crippen LogP contribution in [-0.2, 0) is 4.74 Å². The van der Waals surface area contributed by atoms with Crippen molar-refractivity contribution in [3.63, 3.8) is 0 Å². The van der Waals surface area contributed by atoms with Crippen molar-refractivity contribution in [2.75, 3.05) is 6.61 Å². The Labute approximate surface area is 59.1 Å². The van der Waals surface area contributed by atoms with Crippen LogP contribution < -0.4 is 0 Å². The molecule has 1 aliphatic heterocycles. The Morgan fingerprint density at radius 2 is 2.56 bits per heavy atom. The number of aliphatic hydroxyl groups excluding tert-OH is 1. The molecule has 0 amide bonds. The van der Waals surface area contributed by atoms with Crippen LogP contribution in [0.1, 0.15) is 13.3 Å². The van der Waals surface area contributed by atoms with Crippen molar-refractivity contribution in [3.05, 3.63) is 10.6 Å². The number of ether oxygens (including phenoxy) is 1. The molecule has 1 heterocycles. The largest absolute Gasteiger partial charge is 0.364 e. The van der Waals surface area contributed by atoms with Crippen molar-refractivity contribution < 1.29 is 9.84 Å². The van der Waals surface area contributed by atoms with Gasteiger partial charge in [0.05, 0.1) is 11.6 Å². The minimum absolute atomic E-state index is 0.470. The Kier molecular flexibility index (Phi) is 2.11. The molecule has 0 bridgehead atoms. The lowest BCUT2D eigenvalue weighted by molar-refractivity contribution is -0.0421. The fourth-order valence-corrected chi connectivity index (χ4v) is 1.02. The summed E-state index contributed by atoms with van der Waals surface area (Å²) < 4.78 is 4.82. The van der Waals surface area contributed by atoms with Crippen molar-refractivity contribution in [2.24, 2.45) is 0 Å². The van der Waals surface area contributed by atoms with Gasteiger partial charge in [0.1, 0.15) is 0 Å².